The van der Waals surface area contributed by atoms with Crippen molar-refractivity contribution in [1.82, 2.24) is 4.90 Å². The van der Waals surface area contributed by atoms with Gasteiger partial charge in [0.15, 0.2) is 0 Å². The number of fused-ring (bicyclic) bond motifs is 1. The fourth-order valence-corrected chi connectivity index (χ4v) is 3.69. The Kier molecular flexibility index (Phi) is 4.46. The van der Waals surface area contributed by atoms with E-state index in [1.165, 1.54) is 32.1 Å². The average molecular weight is 300 g/mol. The Morgan fingerprint density at radius 2 is 1.82 bits per heavy atom. The van der Waals surface area contributed by atoms with Gasteiger partial charge in [0.2, 0.25) is 5.91 Å². The smallest absolute Gasteiger partial charge is 0.256 e. The third-order valence-corrected chi connectivity index (χ3v) is 4.86. The molecule has 1 aliphatic heterocycles. The van der Waals surface area contributed by atoms with Gasteiger partial charge < -0.3 is 9.80 Å². The highest BCUT2D eigenvalue weighted by molar-refractivity contribution is 6.09. The number of para-hydroxylation sites is 1. The Labute approximate surface area is 132 Å². The van der Waals surface area contributed by atoms with E-state index in [9.17, 15) is 9.59 Å². The van der Waals surface area contributed by atoms with Crippen molar-refractivity contribution >= 4 is 17.5 Å². The van der Waals surface area contributed by atoms with Crippen LogP contribution in [0.2, 0.25) is 0 Å². The van der Waals surface area contributed by atoms with Gasteiger partial charge in [-0.25, -0.2) is 0 Å². The summed E-state index contributed by atoms with van der Waals surface area (Å²) in [5, 5.41) is 0. The summed E-state index contributed by atoms with van der Waals surface area (Å²) in [6, 6.07) is 7.48. The van der Waals surface area contributed by atoms with E-state index in [-0.39, 0.29) is 18.4 Å². The largest absolute Gasteiger partial charge is 0.329 e. The minimum Gasteiger partial charge on any atom is -0.329 e. The first-order valence-electron chi connectivity index (χ1n) is 8.39. The fraction of sp³-hybridized carbons (Fsp3) is 0.556. The van der Waals surface area contributed by atoms with E-state index in [2.05, 4.69) is 0 Å². The number of hydrogen-bond donors (Lipinski definition) is 0. The second-order valence-electron chi connectivity index (χ2n) is 6.34. The van der Waals surface area contributed by atoms with Gasteiger partial charge in [-0.3, -0.25) is 9.59 Å². The molecule has 2 aliphatic rings. The SMILES string of the molecule is CCN1C(=O)CN(CC2CCCCC2)C(=O)c2ccccc21. The summed E-state index contributed by atoms with van der Waals surface area (Å²) < 4.78 is 0. The van der Waals surface area contributed by atoms with Crippen molar-refractivity contribution in [2.75, 3.05) is 24.5 Å². The van der Waals surface area contributed by atoms with Crippen LogP contribution >= 0.6 is 0 Å². The van der Waals surface area contributed by atoms with Crippen molar-refractivity contribution in [2.24, 2.45) is 5.92 Å². The van der Waals surface area contributed by atoms with Crippen LogP contribution in [-0.4, -0.2) is 36.3 Å². The summed E-state index contributed by atoms with van der Waals surface area (Å²) in [7, 11) is 0. The molecule has 1 aliphatic carbocycles. The highest BCUT2D eigenvalue weighted by atomic mass is 16.2. The van der Waals surface area contributed by atoms with Crippen LogP contribution in [0.5, 0.6) is 0 Å². The predicted octanol–water partition coefficient (Wildman–Crippen LogP) is 3.08. The minimum atomic E-state index is 0.00507. The van der Waals surface area contributed by atoms with Crippen molar-refractivity contribution < 1.29 is 9.59 Å². The lowest BCUT2D eigenvalue weighted by atomic mass is 9.89. The van der Waals surface area contributed by atoms with Crippen molar-refractivity contribution in [3.8, 4) is 0 Å². The molecule has 0 radical (unpaired) electrons. The van der Waals surface area contributed by atoms with Gasteiger partial charge in [-0.2, -0.15) is 0 Å². The van der Waals surface area contributed by atoms with Crippen molar-refractivity contribution in [2.45, 2.75) is 39.0 Å². The van der Waals surface area contributed by atoms with Gasteiger partial charge in [0.25, 0.3) is 5.91 Å². The molecule has 4 heteroatoms. The molecule has 0 N–H and O–H groups in total. The third-order valence-electron chi connectivity index (χ3n) is 4.86. The van der Waals surface area contributed by atoms with Crippen LogP contribution in [0.15, 0.2) is 24.3 Å². The molecular weight excluding hydrogens is 276 g/mol. The molecule has 3 rings (SSSR count). The maximum absolute atomic E-state index is 12.9. The van der Waals surface area contributed by atoms with Crippen LogP contribution in [-0.2, 0) is 4.79 Å². The Balaban J connectivity index is 1.87. The second-order valence-corrected chi connectivity index (χ2v) is 6.34. The standard InChI is InChI=1S/C18H24N2O2/c1-2-20-16-11-7-6-10-15(16)18(22)19(13-17(20)21)12-14-8-4-3-5-9-14/h6-7,10-11,14H,2-5,8-9,12-13H2,1H3. The van der Waals surface area contributed by atoms with Gasteiger partial charge in [0.1, 0.15) is 6.54 Å². The lowest BCUT2D eigenvalue weighted by Gasteiger charge is -2.28. The monoisotopic (exact) mass is 300 g/mol. The average Bonchev–Trinajstić information content (AvgIpc) is 2.64. The molecule has 1 saturated carbocycles. The molecule has 4 nitrogen and oxygen atoms in total. The number of rotatable bonds is 3. The molecule has 1 heterocycles. The summed E-state index contributed by atoms with van der Waals surface area (Å²) in [5.41, 5.74) is 1.41. The summed E-state index contributed by atoms with van der Waals surface area (Å²) in [4.78, 5) is 28.9. The van der Waals surface area contributed by atoms with Crippen LogP contribution in [0.4, 0.5) is 5.69 Å². The van der Waals surface area contributed by atoms with Gasteiger partial charge >= 0.3 is 0 Å². The fourth-order valence-electron chi connectivity index (χ4n) is 3.69. The normalized spacial score (nSPS) is 20.0. The number of likely N-dealkylation sites (N-methyl/N-ethyl adjacent to an activating group) is 1. The Bertz CT molecular complexity index is 564. The summed E-state index contributed by atoms with van der Waals surface area (Å²) in [6.07, 6.45) is 6.15. The molecule has 1 aromatic rings. The lowest BCUT2D eigenvalue weighted by molar-refractivity contribution is -0.119. The van der Waals surface area contributed by atoms with Gasteiger partial charge in [0.05, 0.1) is 11.3 Å². The molecule has 0 spiro atoms. The number of carbonyl (C=O) groups excluding carboxylic acids is 2. The first-order chi connectivity index (χ1) is 10.7. The minimum absolute atomic E-state index is 0.00507. The Morgan fingerprint density at radius 3 is 2.55 bits per heavy atom. The second kappa shape index (κ2) is 6.51. The van der Waals surface area contributed by atoms with Gasteiger partial charge in [0, 0.05) is 13.1 Å². The molecule has 0 bridgehead atoms. The van der Waals surface area contributed by atoms with E-state index in [1.807, 2.05) is 31.2 Å². The summed E-state index contributed by atoms with van der Waals surface area (Å²) >= 11 is 0. The van der Waals surface area contributed by atoms with Crippen molar-refractivity contribution in [3.63, 3.8) is 0 Å². The van der Waals surface area contributed by atoms with Crippen LogP contribution in [0.3, 0.4) is 0 Å². The molecule has 1 aromatic carbocycles. The maximum Gasteiger partial charge on any atom is 0.256 e. The highest BCUT2D eigenvalue weighted by Crippen LogP contribution is 2.29. The summed E-state index contributed by atoms with van der Waals surface area (Å²) in [6.45, 7) is 3.48. The quantitative estimate of drug-likeness (QED) is 0.860. The third kappa shape index (κ3) is 2.87. The topological polar surface area (TPSA) is 40.6 Å². The molecule has 118 valence electrons. The van der Waals surface area contributed by atoms with Gasteiger partial charge in [-0.05, 0) is 37.8 Å². The van der Waals surface area contributed by atoms with E-state index in [1.54, 1.807) is 9.80 Å². The van der Waals surface area contributed by atoms with Gasteiger partial charge in [-0.15, -0.1) is 0 Å². The zero-order valence-electron chi connectivity index (χ0n) is 13.3. The molecule has 22 heavy (non-hydrogen) atoms. The van der Waals surface area contributed by atoms with Crippen molar-refractivity contribution in [3.05, 3.63) is 29.8 Å². The van der Waals surface area contributed by atoms with Crippen LogP contribution < -0.4 is 4.90 Å². The zero-order valence-corrected chi connectivity index (χ0v) is 13.3. The molecule has 0 saturated heterocycles. The van der Waals surface area contributed by atoms with Crippen LogP contribution in [0.1, 0.15) is 49.4 Å². The molecule has 0 aromatic heterocycles. The Morgan fingerprint density at radius 1 is 1.09 bits per heavy atom. The van der Waals surface area contributed by atoms with Crippen LogP contribution in [0, 0.1) is 5.92 Å². The molecule has 1 fully saturated rings. The van der Waals surface area contributed by atoms with E-state index in [0.717, 1.165) is 12.2 Å². The maximum atomic E-state index is 12.9. The number of amides is 2. The Hall–Kier alpha value is -1.84. The first-order valence-corrected chi connectivity index (χ1v) is 8.39. The van der Waals surface area contributed by atoms with E-state index < -0.39 is 0 Å². The number of hydrogen-bond acceptors (Lipinski definition) is 2. The highest BCUT2D eigenvalue weighted by Gasteiger charge is 2.31. The lowest BCUT2D eigenvalue weighted by Crippen LogP contribution is -2.41. The zero-order chi connectivity index (χ0) is 15.5. The van der Waals surface area contributed by atoms with Crippen LogP contribution in [0.25, 0.3) is 0 Å². The summed E-state index contributed by atoms with van der Waals surface area (Å²) in [5.74, 6) is 0.577. The van der Waals surface area contributed by atoms with Crippen molar-refractivity contribution in [1.29, 1.82) is 0 Å². The molecule has 0 atom stereocenters. The predicted molar refractivity (Wildman–Crippen MR) is 86.9 cm³/mol. The molecule has 0 unspecified atom stereocenters. The number of benzene rings is 1. The number of nitrogens with zero attached hydrogens (tertiary/aromatic N) is 2. The van der Waals surface area contributed by atoms with E-state index >= 15 is 0 Å². The number of anilines is 1. The molecule has 2 amide bonds. The van der Waals surface area contributed by atoms with E-state index in [4.69, 9.17) is 0 Å². The number of carbonyl (C=O) groups is 2. The first kappa shape index (κ1) is 15.1. The molecular formula is C18H24N2O2. The van der Waals surface area contributed by atoms with E-state index in [0.29, 0.717) is 18.0 Å². The van der Waals surface area contributed by atoms with Gasteiger partial charge in [-0.1, -0.05) is 31.4 Å².